The molecule has 1 heterocycles. The molecule has 2 atom stereocenters. The number of ether oxygens (including phenoxy) is 1. The highest BCUT2D eigenvalue weighted by atomic mass is 32.2. The number of nitrogens with one attached hydrogen (secondary N) is 3. The van der Waals surface area contributed by atoms with Crippen LogP contribution in [0.15, 0.2) is 23.1 Å². The van der Waals surface area contributed by atoms with Gasteiger partial charge in [-0.2, -0.15) is 5.10 Å². The molecule has 0 radical (unpaired) electrons. The van der Waals surface area contributed by atoms with Crippen LogP contribution in [0.5, 0.6) is 5.75 Å². The predicted molar refractivity (Wildman–Crippen MR) is 114 cm³/mol. The highest BCUT2D eigenvalue weighted by Crippen LogP contribution is 2.26. The molecule has 0 aliphatic heterocycles. The van der Waals surface area contributed by atoms with Gasteiger partial charge in [-0.25, -0.2) is 18.1 Å². The molecule has 10 heteroatoms. The standard InChI is InChI=1S/C20H31N5O4S/c1-8-12(2)17-22-18(24-23-17)13(3)21-19(26)14-9-10-15(29-7)16(11-14)30(27,28)25-20(4,5)6/h9-13,25H,8H2,1-7H3,(H,21,26)(H,22,23,24)/t12-,13-/m1/s1. The van der Waals surface area contributed by atoms with E-state index >= 15 is 0 Å². The molecule has 2 aromatic rings. The van der Waals surface area contributed by atoms with Gasteiger partial charge in [-0.05, 0) is 52.3 Å². The van der Waals surface area contributed by atoms with E-state index in [0.717, 1.165) is 6.42 Å². The van der Waals surface area contributed by atoms with Crippen molar-refractivity contribution in [1.29, 1.82) is 0 Å². The Morgan fingerprint density at radius 3 is 2.50 bits per heavy atom. The normalized spacial score (nSPS) is 14.2. The van der Waals surface area contributed by atoms with E-state index in [9.17, 15) is 13.2 Å². The van der Waals surface area contributed by atoms with Gasteiger partial charge in [0.25, 0.3) is 5.91 Å². The van der Waals surface area contributed by atoms with Crippen LogP contribution >= 0.6 is 0 Å². The molecule has 0 spiro atoms. The highest BCUT2D eigenvalue weighted by Gasteiger charge is 2.27. The summed E-state index contributed by atoms with van der Waals surface area (Å²) in [7, 11) is -2.51. The summed E-state index contributed by atoms with van der Waals surface area (Å²) < 4.78 is 33.4. The van der Waals surface area contributed by atoms with Gasteiger partial charge in [0.1, 0.15) is 16.5 Å². The number of nitrogens with zero attached hydrogens (tertiary/aromatic N) is 2. The van der Waals surface area contributed by atoms with Crippen LogP contribution in [0.1, 0.15) is 81.9 Å². The van der Waals surface area contributed by atoms with E-state index in [2.05, 4.69) is 32.1 Å². The van der Waals surface area contributed by atoms with Crippen molar-refractivity contribution >= 4 is 15.9 Å². The van der Waals surface area contributed by atoms with E-state index in [1.165, 1.54) is 25.3 Å². The Kier molecular flexibility index (Phi) is 7.25. The van der Waals surface area contributed by atoms with Gasteiger partial charge in [-0.3, -0.25) is 9.89 Å². The average Bonchev–Trinajstić information content (AvgIpc) is 3.15. The molecule has 166 valence electrons. The Labute approximate surface area is 178 Å². The molecule has 0 aliphatic rings. The SMILES string of the molecule is CC[C@@H](C)c1n[nH]c([C@@H](C)NC(=O)c2ccc(OC)c(S(=O)(=O)NC(C)(C)C)c2)n1. The third-order valence-electron chi connectivity index (χ3n) is 4.49. The number of methoxy groups -OCH3 is 1. The van der Waals surface area contributed by atoms with Crippen molar-refractivity contribution in [2.75, 3.05) is 7.11 Å². The minimum absolute atomic E-state index is 0.0982. The van der Waals surface area contributed by atoms with Gasteiger partial charge in [0, 0.05) is 17.0 Å². The Morgan fingerprint density at radius 2 is 1.93 bits per heavy atom. The summed E-state index contributed by atoms with van der Waals surface area (Å²) in [6.45, 7) is 11.1. The summed E-state index contributed by atoms with van der Waals surface area (Å²) in [6, 6.07) is 3.85. The monoisotopic (exact) mass is 437 g/mol. The number of H-pyrrole nitrogens is 1. The topological polar surface area (TPSA) is 126 Å². The van der Waals surface area contributed by atoms with Gasteiger partial charge in [-0.15, -0.1) is 0 Å². The second-order valence-electron chi connectivity index (χ2n) is 8.30. The first kappa shape index (κ1) is 23.8. The zero-order chi connectivity index (χ0) is 22.7. The van der Waals surface area contributed by atoms with Gasteiger partial charge < -0.3 is 10.1 Å². The lowest BCUT2D eigenvalue weighted by atomic mass is 10.1. The first-order valence-electron chi connectivity index (χ1n) is 9.83. The lowest BCUT2D eigenvalue weighted by molar-refractivity contribution is 0.0938. The Morgan fingerprint density at radius 1 is 1.27 bits per heavy atom. The molecule has 9 nitrogen and oxygen atoms in total. The van der Waals surface area contributed by atoms with E-state index in [0.29, 0.717) is 11.6 Å². The van der Waals surface area contributed by atoms with E-state index in [4.69, 9.17) is 4.74 Å². The fourth-order valence-electron chi connectivity index (χ4n) is 2.72. The number of sulfonamides is 1. The number of hydrogen-bond donors (Lipinski definition) is 3. The van der Waals surface area contributed by atoms with Crippen LogP contribution in [0, 0.1) is 0 Å². The molecule has 3 N–H and O–H groups in total. The second kappa shape index (κ2) is 9.13. The van der Waals surface area contributed by atoms with Crippen molar-refractivity contribution in [3.05, 3.63) is 35.4 Å². The number of aromatic nitrogens is 3. The number of hydrogen-bond acceptors (Lipinski definition) is 6. The molecule has 0 aliphatic carbocycles. The van der Waals surface area contributed by atoms with Crippen LogP contribution in [0.2, 0.25) is 0 Å². The van der Waals surface area contributed by atoms with Crippen LogP contribution in [-0.2, 0) is 10.0 Å². The Bertz CT molecular complexity index is 995. The molecule has 0 fully saturated rings. The number of rotatable bonds is 8. The molecule has 0 bridgehead atoms. The Balaban J connectivity index is 2.27. The number of benzene rings is 1. The zero-order valence-electron chi connectivity index (χ0n) is 18.5. The minimum atomic E-state index is -3.89. The second-order valence-corrected chi connectivity index (χ2v) is 9.96. The summed E-state index contributed by atoms with van der Waals surface area (Å²) in [4.78, 5) is 17.1. The van der Waals surface area contributed by atoms with Crippen molar-refractivity contribution in [3.8, 4) is 5.75 Å². The molecule has 2 rings (SSSR count). The van der Waals surface area contributed by atoms with Crippen LogP contribution in [-0.4, -0.2) is 42.2 Å². The zero-order valence-corrected chi connectivity index (χ0v) is 19.3. The third kappa shape index (κ3) is 5.79. The maximum Gasteiger partial charge on any atom is 0.251 e. The molecule has 30 heavy (non-hydrogen) atoms. The van der Waals surface area contributed by atoms with Gasteiger partial charge >= 0.3 is 0 Å². The number of aromatic amines is 1. The quantitative estimate of drug-likeness (QED) is 0.583. The van der Waals surface area contributed by atoms with Gasteiger partial charge in [0.15, 0.2) is 5.82 Å². The van der Waals surface area contributed by atoms with Crippen molar-refractivity contribution in [2.24, 2.45) is 0 Å². The van der Waals surface area contributed by atoms with Crippen LogP contribution in [0.3, 0.4) is 0 Å². The molecular weight excluding hydrogens is 406 g/mol. The van der Waals surface area contributed by atoms with Crippen LogP contribution in [0.25, 0.3) is 0 Å². The van der Waals surface area contributed by atoms with Crippen LogP contribution < -0.4 is 14.8 Å². The maximum atomic E-state index is 12.8. The first-order chi connectivity index (χ1) is 13.9. The van der Waals surface area contributed by atoms with Crippen molar-refractivity contribution in [2.45, 2.75) is 70.4 Å². The maximum absolute atomic E-state index is 12.8. The number of amides is 1. The highest BCUT2D eigenvalue weighted by molar-refractivity contribution is 7.89. The first-order valence-corrected chi connectivity index (χ1v) is 11.3. The van der Waals surface area contributed by atoms with Gasteiger partial charge in [0.05, 0.1) is 13.2 Å². The molecular formula is C20H31N5O4S. The number of carbonyl (C=O) groups excluding carboxylic acids is 1. The third-order valence-corrected chi connectivity index (χ3v) is 6.27. The summed E-state index contributed by atoms with van der Waals surface area (Å²) in [6.07, 6.45) is 0.906. The van der Waals surface area contributed by atoms with Gasteiger partial charge in [0.2, 0.25) is 10.0 Å². The van der Waals surface area contributed by atoms with Crippen molar-refractivity contribution in [3.63, 3.8) is 0 Å². The fourth-order valence-corrected chi connectivity index (χ4v) is 4.33. The lowest BCUT2D eigenvalue weighted by Gasteiger charge is -2.21. The van der Waals surface area contributed by atoms with Crippen molar-refractivity contribution in [1.82, 2.24) is 25.2 Å². The Hall–Kier alpha value is -2.46. The molecule has 0 saturated carbocycles. The van der Waals surface area contributed by atoms with Gasteiger partial charge in [-0.1, -0.05) is 13.8 Å². The van der Waals surface area contributed by atoms with Crippen molar-refractivity contribution < 1.29 is 17.9 Å². The molecule has 1 amide bonds. The molecule has 1 aromatic heterocycles. The minimum Gasteiger partial charge on any atom is -0.495 e. The molecule has 0 unspecified atom stereocenters. The molecule has 1 aromatic carbocycles. The van der Waals surface area contributed by atoms with E-state index < -0.39 is 27.5 Å². The average molecular weight is 438 g/mol. The fraction of sp³-hybridized carbons (Fsp3) is 0.550. The van der Waals surface area contributed by atoms with E-state index in [1.54, 1.807) is 27.7 Å². The van der Waals surface area contributed by atoms with Crippen LogP contribution in [0.4, 0.5) is 0 Å². The largest absolute Gasteiger partial charge is 0.495 e. The number of carbonyl (C=O) groups is 1. The lowest BCUT2D eigenvalue weighted by Crippen LogP contribution is -2.40. The summed E-state index contributed by atoms with van der Waals surface area (Å²) >= 11 is 0. The summed E-state index contributed by atoms with van der Waals surface area (Å²) in [5.41, 5.74) is -0.491. The summed E-state index contributed by atoms with van der Waals surface area (Å²) in [5, 5.41) is 9.87. The predicted octanol–water partition coefficient (Wildman–Crippen LogP) is 2.89. The smallest absolute Gasteiger partial charge is 0.251 e. The van der Waals surface area contributed by atoms with E-state index in [1.807, 2.05) is 6.92 Å². The summed E-state index contributed by atoms with van der Waals surface area (Å²) in [5.74, 6) is 1.17. The molecule has 0 saturated heterocycles. The van der Waals surface area contributed by atoms with E-state index in [-0.39, 0.29) is 22.1 Å².